The number of ether oxygens (including phenoxy) is 11. The van der Waals surface area contributed by atoms with Gasteiger partial charge in [0, 0.05) is 5.92 Å². The second-order valence-corrected chi connectivity index (χ2v) is 27.2. The Morgan fingerprint density at radius 2 is 0.899 bits per heavy atom. The molecule has 31 heteroatoms. The molecule has 0 aromatic rings. The molecular weight excluding hydrogens is 1190 g/mol. The molecule has 0 spiro atoms. The van der Waals surface area contributed by atoms with E-state index in [-0.39, 0.29) is 18.8 Å². The number of hydrogen-bond acceptors (Lipinski definition) is 31. The maximum atomic E-state index is 15.4. The molecular formula is C58H96O31. The number of carbonyl (C=O) groups excluding carboxylic acids is 1. The third-order valence-electron chi connectivity index (χ3n) is 21.6. The van der Waals surface area contributed by atoms with Crippen LogP contribution in [-0.4, -0.2) is 320 Å². The van der Waals surface area contributed by atoms with E-state index in [0.717, 1.165) is 0 Å². The Morgan fingerprint density at radius 1 is 0.461 bits per heavy atom. The minimum absolute atomic E-state index is 0.160. The summed E-state index contributed by atoms with van der Waals surface area (Å²) in [6, 6.07) is 0. The zero-order valence-corrected chi connectivity index (χ0v) is 50.5. The zero-order valence-electron chi connectivity index (χ0n) is 50.5. The van der Waals surface area contributed by atoms with E-state index in [1.165, 1.54) is 6.92 Å². The summed E-state index contributed by atoms with van der Waals surface area (Å²) >= 11 is 0. The van der Waals surface area contributed by atoms with E-state index in [1.54, 1.807) is 13.8 Å². The van der Waals surface area contributed by atoms with Crippen molar-refractivity contribution in [3.05, 3.63) is 12.2 Å². The molecule has 9 fully saturated rings. The van der Waals surface area contributed by atoms with Crippen LogP contribution in [0.2, 0.25) is 0 Å². The van der Waals surface area contributed by atoms with E-state index in [9.17, 15) is 97.0 Å². The van der Waals surface area contributed by atoms with Gasteiger partial charge >= 0.3 is 5.97 Å². The van der Waals surface area contributed by atoms with Gasteiger partial charge in [-0.05, 0) is 100 Å². The highest BCUT2D eigenvalue weighted by Gasteiger charge is 2.67. The van der Waals surface area contributed by atoms with Crippen molar-refractivity contribution in [3.8, 4) is 0 Å². The molecule has 6 heterocycles. The molecule has 0 amide bonds. The van der Waals surface area contributed by atoms with Gasteiger partial charge in [-0.3, -0.25) is 4.79 Å². The predicted octanol–water partition coefficient (Wildman–Crippen LogP) is -7.14. The summed E-state index contributed by atoms with van der Waals surface area (Å²) < 4.78 is 67.8. The molecule has 19 N–H and O–H groups in total. The Labute approximate surface area is 513 Å². The first-order valence-electron chi connectivity index (χ1n) is 30.9. The van der Waals surface area contributed by atoms with Crippen molar-refractivity contribution in [1.82, 2.24) is 0 Å². The van der Waals surface area contributed by atoms with Crippen molar-refractivity contribution >= 4 is 5.97 Å². The number of rotatable bonds is 18. The Hall–Kier alpha value is -1.95. The molecule has 9 aliphatic rings. The summed E-state index contributed by atoms with van der Waals surface area (Å²) in [6.45, 7) is 9.28. The number of carbonyl (C=O) groups is 1. The molecule has 3 aliphatic carbocycles. The first kappa shape index (κ1) is 71.3. The minimum Gasteiger partial charge on any atom is -0.432 e. The molecule has 0 aromatic carbocycles. The lowest BCUT2D eigenvalue weighted by Crippen LogP contribution is -2.68. The molecule has 30 unspecified atom stereocenters. The number of aliphatic hydroxyl groups is 19. The fourth-order valence-electron chi connectivity index (χ4n) is 16.4. The van der Waals surface area contributed by atoms with Gasteiger partial charge < -0.3 is 149 Å². The van der Waals surface area contributed by atoms with Crippen LogP contribution < -0.4 is 0 Å². The van der Waals surface area contributed by atoms with Crippen molar-refractivity contribution in [2.75, 3.05) is 33.0 Å². The highest BCUT2D eigenvalue weighted by atomic mass is 16.8. The molecule has 0 bridgehead atoms. The quantitative estimate of drug-likeness (QED) is 0.0344. The van der Waals surface area contributed by atoms with E-state index in [1.807, 2.05) is 0 Å². The molecule has 6 aliphatic heterocycles. The van der Waals surface area contributed by atoms with Gasteiger partial charge in [-0.25, -0.2) is 0 Å². The maximum absolute atomic E-state index is 15.4. The number of hydrogen-bond donors (Lipinski definition) is 19. The fraction of sp³-hybridized carbons (Fsp3) is 0.948. The van der Waals surface area contributed by atoms with Crippen LogP contribution in [0.15, 0.2) is 12.2 Å². The minimum atomic E-state index is -2.02. The smallest absolute Gasteiger partial charge is 0.314 e. The largest absolute Gasteiger partial charge is 0.432 e. The van der Waals surface area contributed by atoms with Crippen LogP contribution in [0.4, 0.5) is 0 Å². The van der Waals surface area contributed by atoms with Crippen LogP contribution >= 0.6 is 0 Å². The van der Waals surface area contributed by atoms with Gasteiger partial charge in [-0.2, -0.15) is 0 Å². The van der Waals surface area contributed by atoms with Crippen LogP contribution in [0.3, 0.4) is 0 Å². The molecule has 9 rings (SSSR count). The van der Waals surface area contributed by atoms with E-state index in [2.05, 4.69) is 20.4 Å². The van der Waals surface area contributed by atoms with Crippen molar-refractivity contribution < 1.29 is 154 Å². The van der Waals surface area contributed by atoms with Gasteiger partial charge in [0.15, 0.2) is 25.2 Å². The average Bonchev–Trinajstić information content (AvgIpc) is 0.712. The molecule has 3 saturated carbocycles. The Morgan fingerprint density at radius 3 is 1.45 bits per heavy atom. The van der Waals surface area contributed by atoms with Crippen LogP contribution in [0.1, 0.15) is 92.4 Å². The molecule has 36 atom stereocenters. The molecule has 514 valence electrons. The maximum Gasteiger partial charge on any atom is 0.314 e. The highest BCUT2D eigenvalue weighted by molar-refractivity contribution is 5.77. The molecule has 6 saturated heterocycles. The topological polar surface area (TPSA) is 503 Å². The van der Waals surface area contributed by atoms with Crippen molar-refractivity contribution in [2.45, 2.75) is 276 Å². The van der Waals surface area contributed by atoms with Gasteiger partial charge in [0.1, 0.15) is 128 Å². The van der Waals surface area contributed by atoms with E-state index < -0.39 is 257 Å². The summed E-state index contributed by atoms with van der Waals surface area (Å²) in [5, 5.41) is 206. The third-order valence-corrected chi connectivity index (χ3v) is 21.6. The van der Waals surface area contributed by atoms with Gasteiger partial charge in [0.2, 0.25) is 6.29 Å². The molecule has 0 aromatic heterocycles. The molecule has 0 radical (unpaired) electrons. The second-order valence-electron chi connectivity index (χ2n) is 27.2. The van der Waals surface area contributed by atoms with Gasteiger partial charge in [0.25, 0.3) is 0 Å². The zero-order chi connectivity index (χ0) is 65.3. The molecule has 89 heavy (non-hydrogen) atoms. The Bertz CT molecular complexity index is 2360. The summed E-state index contributed by atoms with van der Waals surface area (Å²) in [4.78, 5) is 15.4. The Balaban J connectivity index is 0.997. The third kappa shape index (κ3) is 13.1. The average molecular weight is 1290 g/mol. The van der Waals surface area contributed by atoms with Crippen LogP contribution in [0.25, 0.3) is 0 Å². The van der Waals surface area contributed by atoms with Crippen LogP contribution in [0, 0.1) is 34.0 Å². The van der Waals surface area contributed by atoms with Crippen LogP contribution in [0.5, 0.6) is 0 Å². The normalized spacial score (nSPS) is 53.9. The van der Waals surface area contributed by atoms with Gasteiger partial charge in [-0.15, -0.1) is 0 Å². The van der Waals surface area contributed by atoms with Crippen LogP contribution in [-0.2, 0) is 56.9 Å². The van der Waals surface area contributed by atoms with E-state index in [0.29, 0.717) is 44.1 Å². The summed E-state index contributed by atoms with van der Waals surface area (Å²) in [6.07, 6.45) is -47.5. The van der Waals surface area contributed by atoms with E-state index >= 15 is 4.79 Å². The number of fused-ring (bicyclic) bond motifs is 3. The lowest BCUT2D eigenvalue weighted by molar-refractivity contribution is -0.401. The first-order valence-corrected chi connectivity index (χ1v) is 30.9. The summed E-state index contributed by atoms with van der Waals surface area (Å²) in [5.41, 5.74) is -3.41. The van der Waals surface area contributed by atoms with Crippen molar-refractivity contribution in [2.24, 2.45) is 34.0 Å². The van der Waals surface area contributed by atoms with Crippen molar-refractivity contribution in [1.29, 1.82) is 0 Å². The Kier molecular flexibility index (Phi) is 22.5. The first-order chi connectivity index (χ1) is 41.9. The predicted molar refractivity (Wildman–Crippen MR) is 293 cm³/mol. The van der Waals surface area contributed by atoms with Gasteiger partial charge in [0.05, 0.1) is 62.4 Å². The second kappa shape index (κ2) is 28.0. The lowest BCUT2D eigenvalue weighted by atomic mass is 9.40. The molecule has 31 nitrogen and oxygen atoms in total. The van der Waals surface area contributed by atoms with Gasteiger partial charge in [-0.1, -0.05) is 26.8 Å². The van der Waals surface area contributed by atoms with E-state index in [4.69, 9.17) is 52.1 Å². The monoisotopic (exact) mass is 1290 g/mol. The number of aliphatic hydroxyl groups excluding tert-OH is 19. The summed E-state index contributed by atoms with van der Waals surface area (Å²) in [7, 11) is 0. The fourth-order valence-corrected chi connectivity index (χ4v) is 16.4. The number of esters is 1. The standard InChI is InChI=1S/C58H96O31/c1-21(2)58(89-53-48(87-51-45(77)42(74)37(69)28(18-62)82-51)47(38(70)29(19-63)84-53)86-50-44(76)41(73)36(68)27(17-61)81-50)13-9-30-55(4,20-58)12-8-31-56(30,5)10-7-11-57(31,6)54(78)88-52-46(85-49-43(75)39(71)32(64)22(3)79-49)23(33(65)25(15-59)83-52)14-24-34(66)40(72)35(67)26(16-60)80-24/h22-53,59-77H,1,7-20H2,2-6H3/t22?,23?,24?,25?,26?,27?,28?,29?,30-,31+,32?,33?,34?,35?,36?,37?,38?,39?,40?,41?,42?,43?,44?,45?,46?,47?,48?,49?,50?,51?,52?,53?,55+,56+,57-,58+/m1/s1. The lowest BCUT2D eigenvalue weighted by Gasteiger charge is -2.66. The van der Waals surface area contributed by atoms with Crippen molar-refractivity contribution in [3.63, 3.8) is 0 Å². The highest BCUT2D eigenvalue weighted by Crippen LogP contribution is 2.69. The summed E-state index contributed by atoms with van der Waals surface area (Å²) in [5.74, 6) is -2.69. The SMILES string of the molecule is C=C(C)[C@]1(OC2OC(CO)C(O)C(OC3OC(CO)C(O)C(O)C3O)C2OC2OC(CO)C(O)C(O)C2O)CC[C@@H]2[C@@](C)(CC[C@H]3[C@@]2(C)CCC[C@@]3(C)C(=O)OC2OC(CO)C(O)C(CC3OC(CO)C(O)C(O)C3O)C2OC2OC(C)C(O)C(O)C2O)C1.